The first-order valence-electron chi connectivity index (χ1n) is 5.81. The second-order valence-electron chi connectivity index (χ2n) is 4.58. The van der Waals surface area contributed by atoms with E-state index >= 15 is 0 Å². The summed E-state index contributed by atoms with van der Waals surface area (Å²) in [5.41, 5.74) is 0. The summed E-state index contributed by atoms with van der Waals surface area (Å²) in [5.74, 6) is -1.44. The third kappa shape index (κ3) is 5.72. The number of likely N-dealkylation sites (N-methyl/N-ethyl adjacent to an activating group) is 1. The van der Waals surface area contributed by atoms with Crippen LogP contribution in [0.25, 0.3) is 0 Å². The number of carbonyl (C=O) groups excluding carboxylic acids is 2. The minimum Gasteiger partial charge on any atom is -0.550 e. The number of nitrogens with zero attached hydrogens (tertiary/aromatic N) is 2. The second kappa shape index (κ2) is 8.36. The molecule has 1 rings (SSSR count). The van der Waals surface area contributed by atoms with E-state index in [9.17, 15) is 14.7 Å². The first-order valence-corrected chi connectivity index (χ1v) is 5.81. The molecule has 1 heterocycles. The summed E-state index contributed by atoms with van der Waals surface area (Å²) in [7, 11) is 3.86. The van der Waals surface area contributed by atoms with Gasteiger partial charge in [-0.05, 0) is 26.9 Å². The number of carboxylic acids is 1. The zero-order valence-corrected chi connectivity index (χ0v) is 11.4. The van der Waals surface area contributed by atoms with Gasteiger partial charge in [-0.25, -0.2) is 0 Å². The Morgan fingerprint density at radius 3 is 2.33 bits per heavy atom. The van der Waals surface area contributed by atoms with Crippen LogP contribution in [0.3, 0.4) is 0 Å². The molecule has 1 amide bonds. The summed E-state index contributed by atoms with van der Waals surface area (Å²) in [5, 5.41) is 10.6. The van der Waals surface area contributed by atoms with Crippen LogP contribution >= 0.6 is 0 Å². The van der Waals surface area contributed by atoms with Crippen LogP contribution in [-0.2, 0) is 9.59 Å². The van der Waals surface area contributed by atoms with E-state index in [0.717, 1.165) is 6.54 Å². The predicted octanol–water partition coefficient (Wildman–Crippen LogP) is -3.90. The van der Waals surface area contributed by atoms with Crippen LogP contribution in [0.4, 0.5) is 0 Å². The number of likely N-dealkylation sites (tertiary alicyclic amines) is 1. The molecular formula is C12H19LiN2O3. The molecular weight excluding hydrogens is 227 g/mol. The van der Waals surface area contributed by atoms with E-state index in [4.69, 9.17) is 0 Å². The Morgan fingerprint density at radius 1 is 1.33 bits per heavy atom. The maximum Gasteiger partial charge on any atom is 1.00 e. The Morgan fingerprint density at radius 2 is 1.89 bits per heavy atom. The van der Waals surface area contributed by atoms with Gasteiger partial charge in [-0.1, -0.05) is 6.08 Å². The molecule has 0 aliphatic carbocycles. The van der Waals surface area contributed by atoms with Crippen LogP contribution in [0.5, 0.6) is 0 Å². The molecule has 0 unspecified atom stereocenters. The zero-order chi connectivity index (χ0) is 12.8. The van der Waals surface area contributed by atoms with Crippen LogP contribution in [0, 0.1) is 5.92 Å². The van der Waals surface area contributed by atoms with Gasteiger partial charge in [0.1, 0.15) is 0 Å². The molecule has 5 nitrogen and oxygen atoms in total. The fourth-order valence-corrected chi connectivity index (χ4v) is 1.81. The number of carboxylic acid groups (broad SMARTS) is 1. The van der Waals surface area contributed by atoms with E-state index in [2.05, 4.69) is 0 Å². The molecule has 0 aromatic carbocycles. The van der Waals surface area contributed by atoms with Gasteiger partial charge in [-0.3, -0.25) is 4.79 Å². The Labute approximate surface area is 120 Å². The number of piperidine rings is 1. The smallest absolute Gasteiger partial charge is 0.550 e. The summed E-state index contributed by atoms with van der Waals surface area (Å²) < 4.78 is 0. The molecule has 0 bridgehead atoms. The van der Waals surface area contributed by atoms with Crippen molar-refractivity contribution >= 4 is 11.9 Å². The summed E-state index contributed by atoms with van der Waals surface area (Å²) in [6.45, 7) is 1.73. The molecule has 0 saturated carbocycles. The molecule has 18 heavy (non-hydrogen) atoms. The van der Waals surface area contributed by atoms with Crippen molar-refractivity contribution in [1.29, 1.82) is 0 Å². The Bertz CT molecular complexity index is 310. The van der Waals surface area contributed by atoms with Crippen molar-refractivity contribution in [3.63, 3.8) is 0 Å². The average molecular weight is 246 g/mol. The molecule has 1 aliphatic rings. The molecule has 1 fully saturated rings. The summed E-state index contributed by atoms with van der Waals surface area (Å²) in [6.07, 6.45) is 4.36. The quantitative estimate of drug-likeness (QED) is 0.376. The first-order chi connectivity index (χ1) is 8.00. The Hall–Kier alpha value is -0.763. The van der Waals surface area contributed by atoms with E-state index in [1.807, 2.05) is 25.1 Å². The van der Waals surface area contributed by atoms with Crippen molar-refractivity contribution in [3.8, 4) is 0 Å². The largest absolute Gasteiger partial charge is 1.00 e. The van der Waals surface area contributed by atoms with E-state index in [1.54, 1.807) is 11.0 Å². The van der Waals surface area contributed by atoms with E-state index in [0.29, 0.717) is 25.9 Å². The van der Waals surface area contributed by atoms with Gasteiger partial charge in [0.05, 0.1) is 0 Å². The van der Waals surface area contributed by atoms with Crippen molar-refractivity contribution in [1.82, 2.24) is 9.80 Å². The standard InChI is InChI=1S/C12H20N2O3.Li/c1-13(2)7-3-4-11(15)14-8-5-10(6-9-14)12(16)17;/h3-4,10H,5-9H2,1-2H3,(H,16,17);/q;+1/p-1/b4-3+;. The molecule has 1 saturated heterocycles. The number of rotatable bonds is 4. The normalized spacial score (nSPS) is 16.9. The van der Waals surface area contributed by atoms with Crippen LogP contribution in [-0.4, -0.2) is 55.4 Å². The minimum absolute atomic E-state index is 0. The molecule has 0 atom stereocenters. The predicted molar refractivity (Wildman–Crippen MR) is 62.0 cm³/mol. The average Bonchev–Trinajstić information content (AvgIpc) is 2.28. The molecule has 0 radical (unpaired) electrons. The number of aliphatic carboxylic acids is 1. The number of hydrogen-bond acceptors (Lipinski definition) is 4. The van der Waals surface area contributed by atoms with Crippen LogP contribution in [0.15, 0.2) is 12.2 Å². The van der Waals surface area contributed by atoms with Gasteiger partial charge in [0.25, 0.3) is 0 Å². The number of hydrogen-bond donors (Lipinski definition) is 0. The van der Waals surface area contributed by atoms with Gasteiger partial charge in [-0.15, -0.1) is 0 Å². The van der Waals surface area contributed by atoms with Gasteiger partial charge < -0.3 is 19.7 Å². The van der Waals surface area contributed by atoms with Crippen molar-refractivity contribution in [3.05, 3.63) is 12.2 Å². The molecule has 0 N–H and O–H groups in total. The van der Waals surface area contributed by atoms with Gasteiger partial charge in [0.15, 0.2) is 0 Å². The fraction of sp³-hybridized carbons (Fsp3) is 0.667. The zero-order valence-electron chi connectivity index (χ0n) is 11.4. The minimum atomic E-state index is -1.000. The third-order valence-corrected chi connectivity index (χ3v) is 2.87. The van der Waals surface area contributed by atoms with Crippen molar-refractivity contribution in [2.45, 2.75) is 12.8 Å². The second-order valence-corrected chi connectivity index (χ2v) is 4.58. The van der Waals surface area contributed by atoms with E-state index in [-0.39, 0.29) is 24.8 Å². The van der Waals surface area contributed by atoms with E-state index in [1.165, 1.54) is 0 Å². The van der Waals surface area contributed by atoms with Crippen LogP contribution in [0.2, 0.25) is 0 Å². The first kappa shape index (κ1) is 17.2. The van der Waals surface area contributed by atoms with Crippen molar-refractivity contribution < 1.29 is 33.6 Å². The third-order valence-electron chi connectivity index (χ3n) is 2.87. The molecule has 0 aromatic heterocycles. The summed E-state index contributed by atoms with van der Waals surface area (Å²) in [4.78, 5) is 26.0. The molecule has 6 heteroatoms. The maximum absolute atomic E-state index is 11.7. The summed E-state index contributed by atoms with van der Waals surface area (Å²) >= 11 is 0. The van der Waals surface area contributed by atoms with Crippen molar-refractivity contribution in [2.75, 3.05) is 33.7 Å². The van der Waals surface area contributed by atoms with Crippen molar-refractivity contribution in [2.24, 2.45) is 5.92 Å². The van der Waals surface area contributed by atoms with Gasteiger partial charge in [0, 0.05) is 37.6 Å². The topological polar surface area (TPSA) is 63.7 Å². The number of carbonyl (C=O) groups is 2. The van der Waals surface area contributed by atoms with Gasteiger partial charge >= 0.3 is 18.9 Å². The Kier molecular flexibility index (Phi) is 8.00. The van der Waals surface area contributed by atoms with Crippen LogP contribution in [0.1, 0.15) is 12.8 Å². The Balaban J connectivity index is 0.00000289. The number of amides is 1. The van der Waals surface area contributed by atoms with Gasteiger partial charge in [-0.2, -0.15) is 0 Å². The summed E-state index contributed by atoms with van der Waals surface area (Å²) in [6, 6.07) is 0. The SMILES string of the molecule is CN(C)C/C=C/C(=O)N1CCC(C(=O)[O-])CC1.[Li+]. The monoisotopic (exact) mass is 246 g/mol. The molecule has 96 valence electrons. The van der Waals surface area contributed by atoms with Gasteiger partial charge in [0.2, 0.25) is 5.91 Å². The molecule has 0 spiro atoms. The maximum atomic E-state index is 11.7. The fourth-order valence-electron chi connectivity index (χ4n) is 1.81. The molecule has 0 aromatic rings. The van der Waals surface area contributed by atoms with Crippen LogP contribution < -0.4 is 24.0 Å². The van der Waals surface area contributed by atoms with E-state index < -0.39 is 11.9 Å². The molecule has 1 aliphatic heterocycles.